The van der Waals surface area contributed by atoms with Gasteiger partial charge in [-0.15, -0.1) is 22.7 Å². The molecule has 138 valence electrons. The molecule has 5 nitrogen and oxygen atoms in total. The van der Waals surface area contributed by atoms with Gasteiger partial charge in [0.1, 0.15) is 13.7 Å². The van der Waals surface area contributed by atoms with Crippen LogP contribution in [0.1, 0.15) is 10.8 Å². The van der Waals surface area contributed by atoms with E-state index in [1.807, 2.05) is 0 Å². The van der Waals surface area contributed by atoms with Crippen LogP contribution in [0, 0.1) is 0 Å². The number of benzene rings is 1. The van der Waals surface area contributed by atoms with E-state index < -0.39 is 25.1 Å². The summed E-state index contributed by atoms with van der Waals surface area (Å²) < 4.78 is 54.5. The standard InChI is InChI=1S/C16H14BrNO4S4/c17-14-8-9-16(24-14)26(21,22)18-11-13(12-5-2-1-3-6-12)25(19,20)15-7-4-10-23-15/h1-10,13,18H,11H2. The molecule has 0 aliphatic heterocycles. The maximum Gasteiger partial charge on any atom is 0.250 e. The molecule has 0 saturated heterocycles. The molecule has 10 heteroatoms. The Morgan fingerprint density at radius 2 is 1.65 bits per heavy atom. The molecule has 0 radical (unpaired) electrons. The largest absolute Gasteiger partial charge is 0.250 e. The first kappa shape index (κ1) is 19.7. The molecular formula is C16H14BrNO4S4. The third-order valence-electron chi connectivity index (χ3n) is 3.59. The summed E-state index contributed by atoms with van der Waals surface area (Å²) in [5.41, 5.74) is 0.538. The molecular weight excluding hydrogens is 478 g/mol. The highest BCUT2D eigenvalue weighted by molar-refractivity contribution is 9.11. The maximum absolute atomic E-state index is 13.0. The average Bonchev–Trinajstić information content (AvgIpc) is 3.27. The number of sulfonamides is 1. The van der Waals surface area contributed by atoms with Crippen LogP contribution in [0.5, 0.6) is 0 Å². The van der Waals surface area contributed by atoms with Crippen LogP contribution >= 0.6 is 38.6 Å². The monoisotopic (exact) mass is 491 g/mol. The second-order valence-corrected chi connectivity index (χ2v) is 13.0. The third kappa shape index (κ3) is 4.26. The summed E-state index contributed by atoms with van der Waals surface area (Å²) in [4.78, 5) is 0. The van der Waals surface area contributed by atoms with Crippen LogP contribution in [-0.4, -0.2) is 23.4 Å². The molecule has 0 amide bonds. The zero-order chi connectivity index (χ0) is 18.8. The van der Waals surface area contributed by atoms with Crippen molar-refractivity contribution >= 4 is 58.5 Å². The molecule has 3 aromatic rings. The summed E-state index contributed by atoms with van der Waals surface area (Å²) in [6, 6.07) is 14.9. The smallest absolute Gasteiger partial charge is 0.222 e. The van der Waals surface area contributed by atoms with E-state index in [9.17, 15) is 16.8 Å². The van der Waals surface area contributed by atoms with Crippen molar-refractivity contribution in [2.24, 2.45) is 0 Å². The molecule has 26 heavy (non-hydrogen) atoms. The average molecular weight is 492 g/mol. The van der Waals surface area contributed by atoms with Gasteiger partial charge in [-0.3, -0.25) is 0 Å². The molecule has 1 N–H and O–H groups in total. The van der Waals surface area contributed by atoms with Gasteiger partial charge in [-0.05, 0) is 45.1 Å². The molecule has 1 unspecified atom stereocenters. The molecule has 0 saturated carbocycles. The maximum atomic E-state index is 13.0. The third-order valence-corrected chi connectivity index (χ3v) is 10.7. The lowest BCUT2D eigenvalue weighted by molar-refractivity contribution is 0.571. The molecule has 0 spiro atoms. The number of thiophene rings is 2. The first-order valence-corrected chi connectivity index (χ1v) is 12.9. The Balaban J connectivity index is 1.93. The van der Waals surface area contributed by atoms with Gasteiger partial charge in [-0.1, -0.05) is 36.4 Å². The van der Waals surface area contributed by atoms with Crippen LogP contribution in [-0.2, 0) is 19.9 Å². The van der Waals surface area contributed by atoms with Crippen molar-refractivity contribution in [1.29, 1.82) is 0 Å². The molecule has 2 heterocycles. The van der Waals surface area contributed by atoms with E-state index in [4.69, 9.17) is 0 Å². The Labute approximate surface area is 168 Å². The van der Waals surface area contributed by atoms with Crippen LogP contribution in [0.15, 0.2) is 72.2 Å². The van der Waals surface area contributed by atoms with E-state index in [0.29, 0.717) is 9.35 Å². The molecule has 1 atom stereocenters. The van der Waals surface area contributed by atoms with Crippen molar-refractivity contribution in [3.05, 3.63) is 69.3 Å². The molecule has 0 bridgehead atoms. The summed E-state index contributed by atoms with van der Waals surface area (Å²) in [6.45, 7) is -0.248. The normalized spacial score (nSPS) is 13.6. The highest BCUT2D eigenvalue weighted by Gasteiger charge is 2.31. The number of sulfone groups is 1. The first-order chi connectivity index (χ1) is 12.3. The fourth-order valence-electron chi connectivity index (χ4n) is 2.34. The second-order valence-electron chi connectivity index (χ2n) is 5.29. The predicted molar refractivity (Wildman–Crippen MR) is 108 cm³/mol. The van der Waals surface area contributed by atoms with Gasteiger partial charge in [0.2, 0.25) is 10.0 Å². The zero-order valence-corrected chi connectivity index (χ0v) is 18.1. The Morgan fingerprint density at radius 3 is 2.23 bits per heavy atom. The lowest BCUT2D eigenvalue weighted by Gasteiger charge is -2.18. The quantitative estimate of drug-likeness (QED) is 0.540. The SMILES string of the molecule is O=S(=O)(NCC(c1ccccc1)S(=O)(=O)c1cccs1)c1ccc(Br)s1. The van der Waals surface area contributed by atoms with Gasteiger partial charge in [0.05, 0.1) is 3.79 Å². The van der Waals surface area contributed by atoms with Gasteiger partial charge in [0, 0.05) is 6.54 Å². The van der Waals surface area contributed by atoms with Gasteiger partial charge >= 0.3 is 0 Å². The number of halogens is 1. The number of hydrogen-bond donors (Lipinski definition) is 1. The molecule has 1 aromatic carbocycles. The lowest BCUT2D eigenvalue weighted by atomic mass is 10.1. The summed E-state index contributed by atoms with van der Waals surface area (Å²) >= 11 is 5.41. The minimum Gasteiger partial charge on any atom is -0.222 e. The van der Waals surface area contributed by atoms with Crippen molar-refractivity contribution in [2.75, 3.05) is 6.54 Å². The number of rotatable bonds is 7. The lowest BCUT2D eigenvalue weighted by Crippen LogP contribution is -2.31. The van der Waals surface area contributed by atoms with Crippen LogP contribution in [0.25, 0.3) is 0 Å². The van der Waals surface area contributed by atoms with Crippen molar-refractivity contribution in [2.45, 2.75) is 13.7 Å². The molecule has 3 rings (SSSR count). The van der Waals surface area contributed by atoms with Gasteiger partial charge in [-0.2, -0.15) is 0 Å². The van der Waals surface area contributed by atoms with Gasteiger partial charge in [0.25, 0.3) is 0 Å². The fourth-order valence-corrected chi connectivity index (χ4v) is 8.41. The number of nitrogens with one attached hydrogen (secondary N) is 1. The topological polar surface area (TPSA) is 80.3 Å². The second kappa shape index (κ2) is 7.91. The molecule has 0 aliphatic carbocycles. The van der Waals surface area contributed by atoms with Crippen molar-refractivity contribution in [1.82, 2.24) is 4.72 Å². The van der Waals surface area contributed by atoms with Crippen molar-refractivity contribution < 1.29 is 16.8 Å². The minimum atomic E-state index is -3.79. The van der Waals surface area contributed by atoms with Crippen molar-refractivity contribution in [3.8, 4) is 0 Å². The fraction of sp³-hybridized carbons (Fsp3) is 0.125. The summed E-state index contributed by atoms with van der Waals surface area (Å²) in [5.74, 6) is 0. The molecule has 2 aromatic heterocycles. The van der Waals surface area contributed by atoms with Crippen LogP contribution in [0.3, 0.4) is 0 Å². The summed E-state index contributed by atoms with van der Waals surface area (Å²) in [7, 11) is -7.52. The van der Waals surface area contributed by atoms with E-state index in [1.54, 1.807) is 47.8 Å². The van der Waals surface area contributed by atoms with E-state index in [0.717, 1.165) is 22.7 Å². The zero-order valence-electron chi connectivity index (χ0n) is 13.2. The highest BCUT2D eigenvalue weighted by atomic mass is 79.9. The van der Waals surface area contributed by atoms with Crippen molar-refractivity contribution in [3.63, 3.8) is 0 Å². The van der Waals surface area contributed by atoms with E-state index in [1.165, 1.54) is 12.1 Å². The van der Waals surface area contributed by atoms with Crippen LogP contribution in [0.2, 0.25) is 0 Å². The predicted octanol–water partition coefficient (Wildman–Crippen LogP) is 4.07. The molecule has 0 fully saturated rings. The minimum absolute atomic E-state index is 0.129. The van der Waals surface area contributed by atoms with Gasteiger partial charge in [-0.25, -0.2) is 21.6 Å². The Morgan fingerprint density at radius 1 is 0.923 bits per heavy atom. The Kier molecular flexibility index (Phi) is 6.00. The van der Waals surface area contributed by atoms with E-state index in [-0.39, 0.29) is 15.0 Å². The van der Waals surface area contributed by atoms with Gasteiger partial charge < -0.3 is 0 Å². The van der Waals surface area contributed by atoms with Crippen LogP contribution in [0.4, 0.5) is 0 Å². The van der Waals surface area contributed by atoms with E-state index >= 15 is 0 Å². The summed E-state index contributed by atoms with van der Waals surface area (Å²) in [5, 5.41) is 0.669. The highest BCUT2D eigenvalue weighted by Crippen LogP contribution is 2.32. The Bertz CT molecular complexity index is 1070. The Hall–Kier alpha value is -1.04. The first-order valence-electron chi connectivity index (χ1n) is 7.38. The van der Waals surface area contributed by atoms with E-state index in [2.05, 4.69) is 20.7 Å². The number of hydrogen-bond acceptors (Lipinski definition) is 6. The summed E-state index contributed by atoms with van der Waals surface area (Å²) in [6.07, 6.45) is 0. The van der Waals surface area contributed by atoms with Gasteiger partial charge in [0.15, 0.2) is 9.84 Å². The molecule has 0 aliphatic rings. The van der Waals surface area contributed by atoms with Crippen LogP contribution < -0.4 is 4.72 Å².